The molecule has 0 aromatic heterocycles. The van der Waals surface area contributed by atoms with Gasteiger partial charge in [-0.25, -0.2) is 0 Å². The molecule has 0 aliphatic carbocycles. The van der Waals surface area contributed by atoms with Gasteiger partial charge >= 0.3 is 0 Å². The van der Waals surface area contributed by atoms with Crippen LogP contribution in [0.1, 0.15) is 40.0 Å². The summed E-state index contributed by atoms with van der Waals surface area (Å²) in [6, 6.07) is 1.35. The van der Waals surface area contributed by atoms with Gasteiger partial charge in [-0.2, -0.15) is 0 Å². The van der Waals surface area contributed by atoms with Crippen molar-refractivity contribution in [2.45, 2.75) is 52.1 Å². The molecule has 3 unspecified atom stereocenters. The quantitative estimate of drug-likeness (QED) is 0.799. The second-order valence-electron chi connectivity index (χ2n) is 5.53. The first-order valence-corrected chi connectivity index (χ1v) is 7.13. The van der Waals surface area contributed by atoms with Crippen molar-refractivity contribution in [1.29, 1.82) is 0 Å². The highest BCUT2D eigenvalue weighted by atomic mass is 16.5. The molecule has 3 nitrogen and oxygen atoms in total. The van der Waals surface area contributed by atoms with Gasteiger partial charge in [0, 0.05) is 32.3 Å². The molecule has 3 atom stereocenters. The van der Waals surface area contributed by atoms with Crippen LogP contribution in [0.25, 0.3) is 0 Å². The minimum atomic E-state index is 0.646. The standard InChI is InChI=1S/C14H30N2O/c1-5-14-6-8-16(11-12(2)10-15-14)13(3)7-9-17-4/h12-15H,5-11H2,1-4H3. The molecule has 1 fully saturated rings. The Hall–Kier alpha value is -0.120. The summed E-state index contributed by atoms with van der Waals surface area (Å²) in [4.78, 5) is 2.65. The molecule has 3 heteroatoms. The molecule has 0 spiro atoms. The molecule has 0 amide bonds. The van der Waals surface area contributed by atoms with Gasteiger partial charge in [0.05, 0.1) is 0 Å². The molecule has 0 bridgehead atoms. The van der Waals surface area contributed by atoms with Crippen molar-refractivity contribution < 1.29 is 4.74 Å². The van der Waals surface area contributed by atoms with Crippen LogP contribution in [0.3, 0.4) is 0 Å². The smallest absolute Gasteiger partial charge is 0.0477 e. The van der Waals surface area contributed by atoms with Crippen molar-refractivity contribution >= 4 is 0 Å². The molecule has 1 saturated heterocycles. The van der Waals surface area contributed by atoms with Crippen molar-refractivity contribution in [2.75, 3.05) is 33.4 Å². The summed E-state index contributed by atoms with van der Waals surface area (Å²) < 4.78 is 5.19. The first kappa shape index (κ1) is 14.9. The molecule has 17 heavy (non-hydrogen) atoms. The van der Waals surface area contributed by atoms with Crippen LogP contribution in [0.5, 0.6) is 0 Å². The van der Waals surface area contributed by atoms with Crippen molar-refractivity contribution in [3.63, 3.8) is 0 Å². The Balaban J connectivity index is 2.45. The predicted octanol–water partition coefficient (Wildman–Crippen LogP) is 2.12. The maximum Gasteiger partial charge on any atom is 0.0477 e. The second-order valence-corrected chi connectivity index (χ2v) is 5.53. The molecule has 1 N–H and O–H groups in total. The summed E-state index contributed by atoms with van der Waals surface area (Å²) in [7, 11) is 1.79. The fourth-order valence-electron chi connectivity index (χ4n) is 2.57. The molecule has 1 aliphatic rings. The van der Waals surface area contributed by atoms with Gasteiger partial charge in [-0.15, -0.1) is 0 Å². The number of hydrogen-bond donors (Lipinski definition) is 1. The fraction of sp³-hybridized carbons (Fsp3) is 1.00. The summed E-state index contributed by atoms with van der Waals surface area (Å²) in [6.45, 7) is 11.4. The van der Waals surface area contributed by atoms with E-state index in [1.807, 2.05) is 0 Å². The third kappa shape index (κ3) is 5.36. The number of rotatable bonds is 5. The maximum atomic E-state index is 5.19. The van der Waals surface area contributed by atoms with Crippen LogP contribution in [-0.2, 0) is 4.74 Å². The van der Waals surface area contributed by atoms with Crippen molar-refractivity contribution in [3.05, 3.63) is 0 Å². The van der Waals surface area contributed by atoms with Crippen LogP contribution >= 0.6 is 0 Å². The highest BCUT2D eigenvalue weighted by molar-refractivity contribution is 4.78. The number of hydrogen-bond acceptors (Lipinski definition) is 3. The first-order chi connectivity index (χ1) is 8.17. The molecule has 1 rings (SSSR count). The average Bonchev–Trinajstić information content (AvgIpc) is 2.31. The third-order valence-corrected chi connectivity index (χ3v) is 3.92. The molecule has 0 radical (unpaired) electrons. The van der Waals surface area contributed by atoms with Crippen LogP contribution in [0.2, 0.25) is 0 Å². The van der Waals surface area contributed by atoms with Gasteiger partial charge in [0.25, 0.3) is 0 Å². The van der Waals surface area contributed by atoms with E-state index in [1.54, 1.807) is 7.11 Å². The molecular weight excluding hydrogens is 212 g/mol. The molecule has 102 valence electrons. The maximum absolute atomic E-state index is 5.19. The molecular formula is C14H30N2O. The summed E-state index contributed by atoms with van der Waals surface area (Å²) in [5, 5.41) is 3.67. The van der Waals surface area contributed by atoms with E-state index in [0.29, 0.717) is 12.1 Å². The lowest BCUT2D eigenvalue weighted by Gasteiger charge is -2.35. The van der Waals surface area contributed by atoms with Crippen LogP contribution < -0.4 is 5.32 Å². The van der Waals surface area contributed by atoms with Gasteiger partial charge in [-0.05, 0) is 45.2 Å². The van der Waals surface area contributed by atoms with E-state index in [9.17, 15) is 0 Å². The average molecular weight is 242 g/mol. The number of methoxy groups -OCH3 is 1. The lowest BCUT2D eigenvalue weighted by atomic mass is 10.0. The summed E-state index contributed by atoms with van der Waals surface area (Å²) in [6.07, 6.45) is 3.67. The minimum Gasteiger partial charge on any atom is -0.385 e. The largest absolute Gasteiger partial charge is 0.385 e. The normalized spacial score (nSPS) is 29.6. The summed E-state index contributed by atoms with van der Waals surface area (Å²) in [5.74, 6) is 0.745. The van der Waals surface area contributed by atoms with Crippen LogP contribution in [0.15, 0.2) is 0 Å². The third-order valence-electron chi connectivity index (χ3n) is 3.92. The number of ether oxygens (including phenoxy) is 1. The van der Waals surface area contributed by atoms with Gasteiger partial charge in [0.2, 0.25) is 0 Å². The zero-order valence-electron chi connectivity index (χ0n) is 12.0. The van der Waals surface area contributed by atoms with E-state index in [-0.39, 0.29) is 0 Å². The SMILES string of the molecule is CCC1CCN(C(C)CCOC)CC(C)CN1. The Morgan fingerprint density at radius 1 is 1.47 bits per heavy atom. The molecule has 1 heterocycles. The van der Waals surface area contributed by atoms with E-state index >= 15 is 0 Å². The highest BCUT2D eigenvalue weighted by Gasteiger charge is 2.21. The van der Waals surface area contributed by atoms with Crippen LogP contribution in [0, 0.1) is 5.92 Å². The zero-order chi connectivity index (χ0) is 12.7. The van der Waals surface area contributed by atoms with Crippen molar-refractivity contribution in [1.82, 2.24) is 10.2 Å². The lowest BCUT2D eigenvalue weighted by molar-refractivity contribution is 0.114. The number of nitrogens with zero attached hydrogens (tertiary/aromatic N) is 1. The van der Waals surface area contributed by atoms with E-state index in [0.717, 1.165) is 25.5 Å². The highest BCUT2D eigenvalue weighted by Crippen LogP contribution is 2.13. The Morgan fingerprint density at radius 3 is 2.88 bits per heavy atom. The summed E-state index contributed by atoms with van der Waals surface area (Å²) >= 11 is 0. The van der Waals surface area contributed by atoms with Gasteiger partial charge in [-0.1, -0.05) is 13.8 Å². The molecule has 0 aromatic rings. The van der Waals surface area contributed by atoms with Gasteiger partial charge in [0.1, 0.15) is 0 Å². The Labute approximate surface area is 107 Å². The topological polar surface area (TPSA) is 24.5 Å². The Morgan fingerprint density at radius 2 is 2.24 bits per heavy atom. The first-order valence-electron chi connectivity index (χ1n) is 7.13. The lowest BCUT2D eigenvalue weighted by Crippen LogP contribution is -2.46. The van der Waals surface area contributed by atoms with E-state index < -0.39 is 0 Å². The van der Waals surface area contributed by atoms with Crippen LogP contribution in [-0.4, -0.2) is 50.3 Å². The van der Waals surface area contributed by atoms with Crippen LogP contribution in [0.4, 0.5) is 0 Å². The van der Waals surface area contributed by atoms with E-state index in [4.69, 9.17) is 4.74 Å². The Kier molecular flexibility index (Phi) is 7.09. The molecule has 0 saturated carbocycles. The number of nitrogens with one attached hydrogen (secondary N) is 1. The Bertz CT molecular complexity index is 199. The monoisotopic (exact) mass is 242 g/mol. The van der Waals surface area contributed by atoms with E-state index in [1.165, 1.54) is 25.9 Å². The van der Waals surface area contributed by atoms with Crippen molar-refractivity contribution in [3.8, 4) is 0 Å². The molecule has 1 aliphatic heterocycles. The van der Waals surface area contributed by atoms with E-state index in [2.05, 4.69) is 31.0 Å². The van der Waals surface area contributed by atoms with Gasteiger partial charge in [-0.3, -0.25) is 0 Å². The van der Waals surface area contributed by atoms with Gasteiger partial charge in [0.15, 0.2) is 0 Å². The summed E-state index contributed by atoms with van der Waals surface area (Å²) in [5.41, 5.74) is 0. The van der Waals surface area contributed by atoms with Crippen molar-refractivity contribution in [2.24, 2.45) is 5.92 Å². The van der Waals surface area contributed by atoms with Gasteiger partial charge < -0.3 is 15.0 Å². The predicted molar refractivity (Wildman–Crippen MR) is 73.4 cm³/mol. The molecule has 0 aromatic carbocycles. The minimum absolute atomic E-state index is 0.646. The zero-order valence-corrected chi connectivity index (χ0v) is 12.0. The fourth-order valence-corrected chi connectivity index (χ4v) is 2.57. The second kappa shape index (κ2) is 8.06.